The summed E-state index contributed by atoms with van der Waals surface area (Å²) < 4.78 is 0. The van der Waals surface area contributed by atoms with Crippen LogP contribution in [-0.4, -0.2) is 18.5 Å². The second-order valence-corrected chi connectivity index (χ2v) is 5.19. The van der Waals surface area contributed by atoms with Gasteiger partial charge in [-0.1, -0.05) is 29.3 Å². The Labute approximate surface area is 118 Å². The van der Waals surface area contributed by atoms with Gasteiger partial charge in [0.05, 0.1) is 6.54 Å². The molecule has 98 valence electrons. The van der Waals surface area contributed by atoms with Gasteiger partial charge < -0.3 is 10.6 Å². The first-order valence-corrected chi connectivity index (χ1v) is 6.93. The minimum absolute atomic E-state index is 0.554. The largest absolute Gasteiger partial charge is 0.357 e. The van der Waals surface area contributed by atoms with E-state index in [0.29, 0.717) is 22.6 Å². The Hall–Kier alpha value is -0.930. The maximum Gasteiger partial charge on any atom is 0.191 e. The summed E-state index contributed by atoms with van der Waals surface area (Å²) in [5, 5.41) is 7.90. The van der Waals surface area contributed by atoms with Crippen LogP contribution < -0.4 is 10.6 Å². The first-order chi connectivity index (χ1) is 8.69. The monoisotopic (exact) mass is 285 g/mol. The van der Waals surface area contributed by atoms with E-state index in [-0.39, 0.29) is 0 Å². The van der Waals surface area contributed by atoms with Gasteiger partial charge >= 0.3 is 0 Å². The van der Waals surface area contributed by atoms with E-state index in [1.807, 2.05) is 12.1 Å². The fourth-order valence-electron chi connectivity index (χ4n) is 1.56. The van der Waals surface area contributed by atoms with Gasteiger partial charge in [0, 0.05) is 22.6 Å². The summed E-state index contributed by atoms with van der Waals surface area (Å²) in [6.07, 6.45) is 2.46. The lowest BCUT2D eigenvalue weighted by molar-refractivity contribution is 0.812. The average Bonchev–Trinajstić information content (AvgIpc) is 3.12. The van der Waals surface area contributed by atoms with Crippen LogP contribution in [0.15, 0.2) is 23.2 Å². The Morgan fingerprint density at radius 3 is 2.78 bits per heavy atom. The molecule has 1 saturated carbocycles. The van der Waals surface area contributed by atoms with Gasteiger partial charge in [-0.2, -0.15) is 0 Å². The molecule has 0 heterocycles. The van der Waals surface area contributed by atoms with E-state index in [1.165, 1.54) is 12.8 Å². The number of halogens is 2. The summed E-state index contributed by atoms with van der Waals surface area (Å²) >= 11 is 12.0. The zero-order valence-electron chi connectivity index (χ0n) is 10.3. The molecule has 0 saturated heterocycles. The second-order valence-electron chi connectivity index (χ2n) is 4.35. The number of hydrogen-bond donors (Lipinski definition) is 2. The molecule has 0 spiro atoms. The SMILES string of the molecule is CCNC(=NCc1ccc(Cl)cc1Cl)NC1CC1. The van der Waals surface area contributed by atoms with E-state index < -0.39 is 0 Å². The highest BCUT2D eigenvalue weighted by Crippen LogP contribution is 2.22. The van der Waals surface area contributed by atoms with Crippen LogP contribution in [-0.2, 0) is 6.54 Å². The van der Waals surface area contributed by atoms with Gasteiger partial charge in [0.25, 0.3) is 0 Å². The molecule has 1 aliphatic carbocycles. The zero-order chi connectivity index (χ0) is 13.0. The fraction of sp³-hybridized carbons (Fsp3) is 0.462. The van der Waals surface area contributed by atoms with Gasteiger partial charge in [0.15, 0.2) is 5.96 Å². The third-order valence-electron chi connectivity index (χ3n) is 2.69. The van der Waals surface area contributed by atoms with Gasteiger partial charge in [-0.3, -0.25) is 0 Å². The lowest BCUT2D eigenvalue weighted by Crippen LogP contribution is -2.38. The summed E-state index contributed by atoms with van der Waals surface area (Å²) in [5.74, 6) is 0.853. The molecule has 2 N–H and O–H groups in total. The normalized spacial score (nSPS) is 15.6. The van der Waals surface area contributed by atoms with E-state index >= 15 is 0 Å². The minimum Gasteiger partial charge on any atom is -0.357 e. The van der Waals surface area contributed by atoms with Crippen molar-refractivity contribution in [2.75, 3.05) is 6.54 Å². The minimum atomic E-state index is 0.554. The van der Waals surface area contributed by atoms with Crippen LogP contribution in [0, 0.1) is 0 Å². The van der Waals surface area contributed by atoms with Gasteiger partial charge in [-0.05, 0) is 37.5 Å². The molecule has 0 bridgehead atoms. The lowest BCUT2D eigenvalue weighted by Gasteiger charge is -2.10. The highest BCUT2D eigenvalue weighted by Gasteiger charge is 2.22. The second kappa shape index (κ2) is 6.30. The molecule has 0 amide bonds. The Balaban J connectivity index is 2.00. The van der Waals surface area contributed by atoms with Crippen LogP contribution in [0.2, 0.25) is 10.0 Å². The van der Waals surface area contributed by atoms with Crippen molar-refractivity contribution in [3.8, 4) is 0 Å². The Morgan fingerprint density at radius 1 is 1.39 bits per heavy atom. The first kappa shape index (κ1) is 13.5. The van der Waals surface area contributed by atoms with Crippen molar-refractivity contribution in [1.82, 2.24) is 10.6 Å². The molecule has 0 aromatic heterocycles. The lowest BCUT2D eigenvalue weighted by atomic mass is 10.2. The van der Waals surface area contributed by atoms with Crippen LogP contribution >= 0.6 is 23.2 Å². The predicted octanol–water partition coefficient (Wildman–Crippen LogP) is 3.21. The van der Waals surface area contributed by atoms with Crippen molar-refractivity contribution in [3.05, 3.63) is 33.8 Å². The molecule has 1 aromatic carbocycles. The number of nitrogens with one attached hydrogen (secondary N) is 2. The van der Waals surface area contributed by atoms with E-state index in [4.69, 9.17) is 23.2 Å². The highest BCUT2D eigenvalue weighted by atomic mass is 35.5. The zero-order valence-corrected chi connectivity index (χ0v) is 11.9. The topological polar surface area (TPSA) is 36.4 Å². The maximum atomic E-state index is 6.11. The van der Waals surface area contributed by atoms with Crippen molar-refractivity contribution in [3.63, 3.8) is 0 Å². The summed E-state index contributed by atoms with van der Waals surface area (Å²) in [6.45, 7) is 3.46. The predicted molar refractivity (Wildman–Crippen MR) is 77.4 cm³/mol. The molecule has 0 unspecified atom stereocenters. The van der Waals surface area contributed by atoms with Gasteiger partial charge in [-0.15, -0.1) is 0 Å². The maximum absolute atomic E-state index is 6.11. The molecule has 1 aliphatic rings. The summed E-state index contributed by atoms with van der Waals surface area (Å²) in [4.78, 5) is 4.52. The number of benzene rings is 1. The van der Waals surface area contributed by atoms with Crippen molar-refractivity contribution in [2.45, 2.75) is 32.4 Å². The molecule has 2 rings (SSSR count). The smallest absolute Gasteiger partial charge is 0.191 e. The average molecular weight is 286 g/mol. The Morgan fingerprint density at radius 2 is 2.17 bits per heavy atom. The number of rotatable bonds is 4. The molecule has 3 nitrogen and oxygen atoms in total. The van der Waals surface area contributed by atoms with E-state index in [1.54, 1.807) is 6.07 Å². The molecule has 1 fully saturated rings. The molecular formula is C13H17Cl2N3. The van der Waals surface area contributed by atoms with Crippen molar-refractivity contribution in [2.24, 2.45) is 4.99 Å². The fourth-order valence-corrected chi connectivity index (χ4v) is 2.02. The van der Waals surface area contributed by atoms with Crippen LogP contribution in [0.1, 0.15) is 25.3 Å². The standard InChI is InChI=1S/C13H17Cl2N3/c1-2-16-13(18-11-5-6-11)17-8-9-3-4-10(14)7-12(9)15/h3-4,7,11H,2,5-6,8H2,1H3,(H2,16,17,18). The van der Waals surface area contributed by atoms with Crippen LogP contribution in [0.4, 0.5) is 0 Å². The van der Waals surface area contributed by atoms with Gasteiger partial charge in [0.2, 0.25) is 0 Å². The van der Waals surface area contributed by atoms with E-state index in [2.05, 4.69) is 22.5 Å². The third kappa shape index (κ3) is 4.07. The first-order valence-electron chi connectivity index (χ1n) is 6.18. The summed E-state index contributed by atoms with van der Waals surface area (Å²) in [5.41, 5.74) is 0.981. The Bertz CT molecular complexity index is 442. The van der Waals surface area contributed by atoms with Crippen molar-refractivity contribution >= 4 is 29.2 Å². The molecule has 1 aromatic rings. The molecular weight excluding hydrogens is 269 g/mol. The van der Waals surface area contributed by atoms with Crippen LogP contribution in [0.25, 0.3) is 0 Å². The molecule has 0 atom stereocenters. The van der Waals surface area contributed by atoms with E-state index in [9.17, 15) is 0 Å². The summed E-state index contributed by atoms with van der Waals surface area (Å²) in [7, 11) is 0. The highest BCUT2D eigenvalue weighted by molar-refractivity contribution is 6.35. The van der Waals surface area contributed by atoms with E-state index in [0.717, 1.165) is 18.1 Å². The van der Waals surface area contributed by atoms with Crippen LogP contribution in [0.3, 0.4) is 0 Å². The number of aliphatic imine (C=N–C) groups is 1. The third-order valence-corrected chi connectivity index (χ3v) is 3.27. The van der Waals surface area contributed by atoms with Crippen molar-refractivity contribution < 1.29 is 0 Å². The Kier molecular flexibility index (Phi) is 4.72. The summed E-state index contributed by atoms with van der Waals surface area (Å²) in [6, 6.07) is 6.08. The molecule has 0 aliphatic heterocycles. The quantitative estimate of drug-likeness (QED) is 0.658. The van der Waals surface area contributed by atoms with Crippen LogP contribution in [0.5, 0.6) is 0 Å². The molecule has 5 heteroatoms. The molecule has 18 heavy (non-hydrogen) atoms. The van der Waals surface area contributed by atoms with Crippen molar-refractivity contribution in [1.29, 1.82) is 0 Å². The number of guanidine groups is 1. The van der Waals surface area contributed by atoms with Gasteiger partial charge in [0.1, 0.15) is 0 Å². The number of hydrogen-bond acceptors (Lipinski definition) is 1. The van der Waals surface area contributed by atoms with Gasteiger partial charge in [-0.25, -0.2) is 4.99 Å². The molecule has 0 radical (unpaired) electrons. The number of nitrogens with zero attached hydrogens (tertiary/aromatic N) is 1.